The molecule has 37 heavy (non-hydrogen) atoms. The molecule has 2 aliphatic heterocycles. The highest BCUT2D eigenvalue weighted by Gasteiger charge is 2.55. The molecule has 1 amide bonds. The van der Waals surface area contributed by atoms with Crippen molar-refractivity contribution in [3.05, 3.63) is 105 Å². The zero-order valence-electron chi connectivity index (χ0n) is 20.2. The van der Waals surface area contributed by atoms with Crippen LogP contribution in [-0.2, 0) is 26.5 Å². The maximum atomic E-state index is 16.2. The molecule has 0 radical (unpaired) electrons. The smallest absolute Gasteiger partial charge is 0.257 e. The number of amides is 1. The number of halogens is 3. The summed E-state index contributed by atoms with van der Waals surface area (Å²) in [5.74, 6) is -0.746. The number of pyridine rings is 1. The van der Waals surface area contributed by atoms with Gasteiger partial charge in [-0.05, 0) is 49.7 Å². The average molecular weight is 543 g/mol. The molecule has 3 heterocycles. The third-order valence-electron chi connectivity index (χ3n) is 6.49. The largest absolute Gasteiger partial charge is 0.494 e. The lowest BCUT2D eigenvalue weighted by Gasteiger charge is -2.41. The molecular formula is C28H25Cl2FN2O4. The molecule has 6 nitrogen and oxygen atoms in total. The van der Waals surface area contributed by atoms with Gasteiger partial charge in [-0.3, -0.25) is 14.7 Å². The van der Waals surface area contributed by atoms with Crippen LogP contribution in [0.1, 0.15) is 46.1 Å². The maximum absolute atomic E-state index is 16.2. The molecule has 5 rings (SSSR count). The first-order chi connectivity index (χ1) is 17.8. The number of carbonyl (C=O) groups excluding carboxylic acids is 1. The van der Waals surface area contributed by atoms with E-state index in [4.69, 9.17) is 37.4 Å². The Bertz CT molecular complexity index is 1330. The molecule has 0 spiro atoms. The molecule has 9 heteroatoms. The maximum Gasteiger partial charge on any atom is 0.257 e. The van der Waals surface area contributed by atoms with E-state index in [0.717, 1.165) is 0 Å². The lowest BCUT2D eigenvalue weighted by atomic mass is 9.91. The molecule has 1 saturated heterocycles. The quantitative estimate of drug-likeness (QED) is 0.317. The van der Waals surface area contributed by atoms with Crippen LogP contribution >= 0.6 is 23.2 Å². The Labute approximate surface area is 224 Å². The van der Waals surface area contributed by atoms with Crippen molar-refractivity contribution in [3.63, 3.8) is 0 Å². The molecule has 192 valence electrons. The number of aromatic nitrogens is 1. The fourth-order valence-corrected chi connectivity index (χ4v) is 5.06. The summed E-state index contributed by atoms with van der Waals surface area (Å²) in [6.45, 7) is 6.94. The lowest BCUT2D eigenvalue weighted by molar-refractivity contribution is -0.148. The standard InChI is InChI=1S/C28H25Cl2FN2O4/c1-3-36-17(2)18-12-24-26(25(31)13-18)28(37-23-10-11-35-16-23,19-4-6-20(29)7-5-19)33(27(24)34)15-22-9-8-21(30)14-32-22/h4-9,12-14,23H,2-3,10-11,15-16H2,1H3/t23-,28?/m0/s1. The van der Waals surface area contributed by atoms with Gasteiger partial charge >= 0.3 is 0 Å². The van der Waals surface area contributed by atoms with Crippen LogP contribution in [0.15, 0.2) is 61.3 Å². The van der Waals surface area contributed by atoms with Gasteiger partial charge in [0, 0.05) is 29.0 Å². The number of nitrogens with zero attached hydrogens (tertiary/aromatic N) is 2. The molecule has 0 bridgehead atoms. The first-order valence-electron chi connectivity index (χ1n) is 11.9. The van der Waals surface area contributed by atoms with Crippen LogP contribution in [0.4, 0.5) is 4.39 Å². The van der Waals surface area contributed by atoms with Gasteiger partial charge in [0.25, 0.3) is 5.91 Å². The van der Waals surface area contributed by atoms with Crippen molar-refractivity contribution in [2.75, 3.05) is 19.8 Å². The van der Waals surface area contributed by atoms with E-state index in [2.05, 4.69) is 11.6 Å². The van der Waals surface area contributed by atoms with E-state index in [0.29, 0.717) is 53.1 Å². The van der Waals surface area contributed by atoms with Crippen molar-refractivity contribution in [2.45, 2.75) is 31.7 Å². The van der Waals surface area contributed by atoms with Gasteiger partial charge in [-0.15, -0.1) is 0 Å². The highest BCUT2D eigenvalue weighted by Crippen LogP contribution is 2.49. The molecule has 1 aromatic heterocycles. The van der Waals surface area contributed by atoms with E-state index in [1.54, 1.807) is 42.5 Å². The molecule has 2 atom stereocenters. The van der Waals surface area contributed by atoms with Gasteiger partial charge in [-0.2, -0.15) is 0 Å². The summed E-state index contributed by atoms with van der Waals surface area (Å²) in [6.07, 6.45) is 1.74. The summed E-state index contributed by atoms with van der Waals surface area (Å²) < 4.78 is 33.9. The van der Waals surface area contributed by atoms with E-state index in [1.165, 1.54) is 17.2 Å². The second kappa shape index (κ2) is 10.4. The third-order valence-corrected chi connectivity index (χ3v) is 6.97. The number of ether oxygens (including phenoxy) is 3. The van der Waals surface area contributed by atoms with Crippen molar-refractivity contribution in [2.24, 2.45) is 0 Å². The van der Waals surface area contributed by atoms with Crippen LogP contribution in [0.25, 0.3) is 5.76 Å². The summed E-state index contributed by atoms with van der Waals surface area (Å²) >= 11 is 12.2. The molecule has 2 aromatic carbocycles. The van der Waals surface area contributed by atoms with Crippen molar-refractivity contribution in [3.8, 4) is 0 Å². The Balaban J connectivity index is 1.74. The van der Waals surface area contributed by atoms with Gasteiger partial charge in [0.2, 0.25) is 5.72 Å². The van der Waals surface area contributed by atoms with Gasteiger partial charge in [-0.1, -0.05) is 41.9 Å². The van der Waals surface area contributed by atoms with Crippen molar-refractivity contribution in [1.82, 2.24) is 9.88 Å². The fourth-order valence-electron chi connectivity index (χ4n) is 4.82. The Kier molecular flexibility index (Phi) is 7.23. The first kappa shape index (κ1) is 25.7. The molecular weight excluding hydrogens is 518 g/mol. The summed E-state index contributed by atoms with van der Waals surface area (Å²) in [6, 6.07) is 13.2. The Hall–Kier alpha value is -2.97. The number of benzene rings is 2. The third kappa shape index (κ3) is 4.73. The van der Waals surface area contributed by atoms with Crippen LogP contribution in [0.5, 0.6) is 0 Å². The van der Waals surface area contributed by atoms with Gasteiger partial charge in [-0.25, -0.2) is 4.39 Å². The molecule has 0 saturated carbocycles. The molecule has 1 unspecified atom stereocenters. The normalized spacial score (nSPS) is 20.8. The van der Waals surface area contributed by atoms with Crippen molar-refractivity contribution in [1.29, 1.82) is 0 Å². The average Bonchev–Trinajstić information content (AvgIpc) is 3.47. The molecule has 0 aliphatic carbocycles. The monoisotopic (exact) mass is 542 g/mol. The number of rotatable bonds is 8. The summed E-state index contributed by atoms with van der Waals surface area (Å²) in [5, 5.41) is 0.968. The van der Waals surface area contributed by atoms with E-state index >= 15 is 4.39 Å². The summed E-state index contributed by atoms with van der Waals surface area (Å²) in [7, 11) is 0. The van der Waals surface area contributed by atoms with Gasteiger partial charge < -0.3 is 14.2 Å². The van der Waals surface area contributed by atoms with Crippen molar-refractivity contribution < 1.29 is 23.4 Å². The van der Waals surface area contributed by atoms with E-state index in [9.17, 15) is 4.79 Å². The predicted octanol–water partition coefficient (Wildman–Crippen LogP) is 6.20. The molecule has 0 N–H and O–H groups in total. The minimum atomic E-state index is -1.59. The van der Waals surface area contributed by atoms with Crippen LogP contribution in [0.2, 0.25) is 10.0 Å². The highest BCUT2D eigenvalue weighted by molar-refractivity contribution is 6.30. The summed E-state index contributed by atoms with van der Waals surface area (Å²) in [4.78, 5) is 20.0. The van der Waals surface area contributed by atoms with Gasteiger partial charge in [0.1, 0.15) is 11.6 Å². The number of hydrogen-bond donors (Lipinski definition) is 0. The second-order valence-electron chi connectivity index (χ2n) is 8.85. The predicted molar refractivity (Wildman–Crippen MR) is 139 cm³/mol. The second-order valence-corrected chi connectivity index (χ2v) is 9.72. The van der Waals surface area contributed by atoms with Crippen LogP contribution in [0, 0.1) is 5.82 Å². The Morgan fingerprint density at radius 3 is 2.62 bits per heavy atom. The molecule has 3 aromatic rings. The van der Waals surface area contributed by atoms with E-state index in [-0.39, 0.29) is 29.5 Å². The zero-order valence-corrected chi connectivity index (χ0v) is 21.7. The zero-order chi connectivity index (χ0) is 26.2. The SMILES string of the molecule is C=C(OCC)c1cc(F)c2c(c1)C(=O)N(Cc1ccc(Cl)cn1)C2(O[C@H]1CCOC1)c1ccc(Cl)cc1. The minimum Gasteiger partial charge on any atom is -0.494 e. The van der Waals surface area contributed by atoms with E-state index < -0.39 is 17.4 Å². The topological polar surface area (TPSA) is 60.9 Å². The number of fused-ring (bicyclic) bond motifs is 1. The minimum absolute atomic E-state index is 0.0437. The highest BCUT2D eigenvalue weighted by atomic mass is 35.5. The van der Waals surface area contributed by atoms with Gasteiger partial charge in [0.05, 0.1) is 47.7 Å². The summed E-state index contributed by atoms with van der Waals surface area (Å²) in [5.41, 5.74) is 0.195. The van der Waals surface area contributed by atoms with Crippen LogP contribution in [-0.4, -0.2) is 41.7 Å². The lowest BCUT2D eigenvalue weighted by Crippen LogP contribution is -2.49. The Morgan fingerprint density at radius 1 is 1.22 bits per heavy atom. The van der Waals surface area contributed by atoms with Crippen LogP contribution < -0.4 is 0 Å². The van der Waals surface area contributed by atoms with Crippen molar-refractivity contribution >= 4 is 34.9 Å². The number of carbonyl (C=O) groups is 1. The first-order valence-corrected chi connectivity index (χ1v) is 12.7. The van der Waals surface area contributed by atoms with Crippen LogP contribution in [0.3, 0.4) is 0 Å². The molecule has 2 aliphatic rings. The number of hydrogen-bond acceptors (Lipinski definition) is 5. The van der Waals surface area contributed by atoms with Gasteiger partial charge in [0.15, 0.2) is 0 Å². The fraction of sp³-hybridized carbons (Fsp3) is 0.286. The van der Waals surface area contributed by atoms with E-state index in [1.807, 2.05) is 6.92 Å². The molecule has 1 fully saturated rings. The Morgan fingerprint density at radius 2 is 1.97 bits per heavy atom.